The van der Waals surface area contributed by atoms with Crippen molar-refractivity contribution in [1.29, 1.82) is 0 Å². The van der Waals surface area contributed by atoms with Crippen LogP contribution in [0.4, 0.5) is 0 Å². The van der Waals surface area contributed by atoms with E-state index < -0.39 is 0 Å². The lowest BCUT2D eigenvalue weighted by atomic mass is 9.96. The Bertz CT molecular complexity index is 692. The van der Waals surface area contributed by atoms with E-state index in [4.69, 9.17) is 5.73 Å². The van der Waals surface area contributed by atoms with Crippen molar-refractivity contribution >= 4 is 0 Å². The molecule has 0 aromatic heterocycles. The maximum atomic E-state index is 5.57. The Hall–Kier alpha value is -1.68. The van der Waals surface area contributed by atoms with Crippen LogP contribution in [0.15, 0.2) is 48.5 Å². The molecule has 0 atom stereocenters. The summed E-state index contributed by atoms with van der Waals surface area (Å²) in [6.07, 6.45) is 9.58. The molecule has 4 N–H and O–H groups in total. The van der Waals surface area contributed by atoms with Crippen molar-refractivity contribution in [3.63, 3.8) is 0 Å². The summed E-state index contributed by atoms with van der Waals surface area (Å²) in [4.78, 5) is 0. The van der Waals surface area contributed by atoms with Crippen LogP contribution >= 0.6 is 0 Å². The maximum Gasteiger partial charge on any atom is 0.00672 e. The number of hydrogen-bond donors (Lipinski definition) is 3. The third-order valence-electron chi connectivity index (χ3n) is 6.85. The Balaban J connectivity index is 1.77. The zero-order valence-electron chi connectivity index (χ0n) is 22.4. The van der Waals surface area contributed by atoms with Crippen molar-refractivity contribution in [2.45, 2.75) is 96.9 Å². The van der Waals surface area contributed by atoms with Crippen molar-refractivity contribution in [3.05, 3.63) is 70.8 Å². The number of benzene rings is 2. The highest BCUT2D eigenvalue weighted by Gasteiger charge is 2.09. The largest absolute Gasteiger partial charge is 0.330 e. The molecular formula is C31H51N3. The highest BCUT2D eigenvalue weighted by atomic mass is 14.9. The van der Waals surface area contributed by atoms with Crippen LogP contribution in [0.5, 0.6) is 0 Å². The SMILES string of the molecule is CC(C)c1ccc(CCCC(CCCc2ccc(C(C)C)cc2)NCCCNCCCN)cc1. The van der Waals surface area contributed by atoms with Gasteiger partial charge in [0.2, 0.25) is 0 Å². The van der Waals surface area contributed by atoms with E-state index in [-0.39, 0.29) is 0 Å². The predicted molar refractivity (Wildman–Crippen MR) is 150 cm³/mol. The van der Waals surface area contributed by atoms with Crippen molar-refractivity contribution in [2.24, 2.45) is 5.73 Å². The Morgan fingerprint density at radius 1 is 0.618 bits per heavy atom. The summed E-state index contributed by atoms with van der Waals surface area (Å²) >= 11 is 0. The lowest BCUT2D eigenvalue weighted by molar-refractivity contribution is 0.424. The predicted octanol–water partition coefficient (Wildman–Crippen LogP) is 6.57. The summed E-state index contributed by atoms with van der Waals surface area (Å²) < 4.78 is 0. The van der Waals surface area contributed by atoms with Gasteiger partial charge in [-0.25, -0.2) is 0 Å². The van der Waals surface area contributed by atoms with Gasteiger partial charge in [-0.2, -0.15) is 0 Å². The van der Waals surface area contributed by atoms with Gasteiger partial charge in [0.15, 0.2) is 0 Å². The van der Waals surface area contributed by atoms with Crippen LogP contribution < -0.4 is 16.4 Å². The van der Waals surface area contributed by atoms with E-state index in [1.807, 2.05) is 0 Å². The highest BCUT2D eigenvalue weighted by molar-refractivity contribution is 5.25. The zero-order valence-corrected chi connectivity index (χ0v) is 22.4. The summed E-state index contributed by atoms with van der Waals surface area (Å²) in [5.74, 6) is 1.21. The standard InChI is InChI=1S/C31H51N3/c1-25(2)29-17-13-27(14-18-29)9-5-11-31(34-24-8-23-33-22-7-21-32)12-6-10-28-15-19-30(20-16-28)26(3)4/h13-20,25-26,31,33-34H,5-12,21-24,32H2,1-4H3. The fourth-order valence-electron chi connectivity index (χ4n) is 4.46. The minimum Gasteiger partial charge on any atom is -0.330 e. The second-order valence-corrected chi connectivity index (χ2v) is 10.5. The molecule has 2 aromatic carbocycles. The van der Waals surface area contributed by atoms with Crippen LogP contribution in [0.1, 0.15) is 100 Å². The van der Waals surface area contributed by atoms with E-state index >= 15 is 0 Å². The Morgan fingerprint density at radius 2 is 1.09 bits per heavy atom. The van der Waals surface area contributed by atoms with E-state index in [0.29, 0.717) is 17.9 Å². The molecule has 0 fully saturated rings. The molecule has 0 saturated heterocycles. The Kier molecular flexibility index (Phi) is 14.2. The van der Waals surface area contributed by atoms with Gasteiger partial charge in [0.05, 0.1) is 0 Å². The molecule has 0 aliphatic carbocycles. The number of hydrogen-bond acceptors (Lipinski definition) is 3. The first-order valence-electron chi connectivity index (χ1n) is 13.8. The average molecular weight is 466 g/mol. The molecule has 2 rings (SSSR count). The topological polar surface area (TPSA) is 50.1 Å². The molecule has 0 amide bonds. The van der Waals surface area contributed by atoms with Gasteiger partial charge in [-0.1, -0.05) is 76.2 Å². The van der Waals surface area contributed by atoms with E-state index in [1.165, 1.54) is 67.2 Å². The van der Waals surface area contributed by atoms with Crippen molar-refractivity contribution in [3.8, 4) is 0 Å². The Labute approximate surface area is 210 Å². The van der Waals surface area contributed by atoms with Crippen molar-refractivity contribution in [2.75, 3.05) is 26.2 Å². The normalized spacial score (nSPS) is 11.8. The first-order valence-corrected chi connectivity index (χ1v) is 13.8. The van der Waals surface area contributed by atoms with Crippen LogP contribution in [0.25, 0.3) is 0 Å². The van der Waals surface area contributed by atoms with Gasteiger partial charge >= 0.3 is 0 Å². The summed E-state index contributed by atoms with van der Waals surface area (Å²) in [5.41, 5.74) is 11.4. The molecule has 0 radical (unpaired) electrons. The van der Waals surface area contributed by atoms with E-state index in [2.05, 4.69) is 86.9 Å². The van der Waals surface area contributed by atoms with Gasteiger partial charge in [-0.05, 0) is 112 Å². The number of rotatable bonds is 18. The van der Waals surface area contributed by atoms with Crippen LogP contribution in [-0.4, -0.2) is 32.2 Å². The summed E-state index contributed by atoms with van der Waals surface area (Å²) in [5, 5.41) is 7.36. The molecule has 34 heavy (non-hydrogen) atoms. The zero-order chi connectivity index (χ0) is 24.6. The summed E-state index contributed by atoms with van der Waals surface area (Å²) in [6.45, 7) is 13.0. The van der Waals surface area contributed by atoms with E-state index in [1.54, 1.807) is 0 Å². The van der Waals surface area contributed by atoms with Crippen LogP contribution in [0.3, 0.4) is 0 Å². The molecule has 0 unspecified atom stereocenters. The number of nitrogens with one attached hydrogen (secondary N) is 2. The Morgan fingerprint density at radius 3 is 1.53 bits per heavy atom. The average Bonchev–Trinajstić information content (AvgIpc) is 2.83. The van der Waals surface area contributed by atoms with Crippen LogP contribution in [0, 0.1) is 0 Å². The summed E-state index contributed by atoms with van der Waals surface area (Å²) in [6, 6.07) is 19.1. The van der Waals surface area contributed by atoms with Gasteiger partial charge in [0, 0.05) is 6.04 Å². The second kappa shape index (κ2) is 16.9. The quantitative estimate of drug-likeness (QED) is 0.218. The fourth-order valence-corrected chi connectivity index (χ4v) is 4.46. The fraction of sp³-hybridized carbons (Fsp3) is 0.613. The van der Waals surface area contributed by atoms with Gasteiger partial charge < -0.3 is 16.4 Å². The molecule has 0 saturated carbocycles. The molecule has 0 aliphatic rings. The monoisotopic (exact) mass is 465 g/mol. The van der Waals surface area contributed by atoms with Gasteiger partial charge in [0.25, 0.3) is 0 Å². The minimum absolute atomic E-state index is 0.605. The van der Waals surface area contributed by atoms with E-state index in [0.717, 1.165) is 32.6 Å². The second-order valence-electron chi connectivity index (χ2n) is 10.5. The molecule has 2 aromatic rings. The molecule has 3 nitrogen and oxygen atoms in total. The third kappa shape index (κ3) is 11.6. The maximum absolute atomic E-state index is 5.57. The third-order valence-corrected chi connectivity index (χ3v) is 6.85. The molecule has 0 spiro atoms. The first-order chi connectivity index (χ1) is 16.5. The molecule has 0 heterocycles. The molecule has 190 valence electrons. The first kappa shape index (κ1) is 28.6. The lowest BCUT2D eigenvalue weighted by Crippen LogP contribution is -2.32. The highest BCUT2D eigenvalue weighted by Crippen LogP contribution is 2.18. The minimum atomic E-state index is 0.605. The van der Waals surface area contributed by atoms with E-state index in [9.17, 15) is 0 Å². The van der Waals surface area contributed by atoms with Gasteiger partial charge in [-0.3, -0.25) is 0 Å². The smallest absolute Gasteiger partial charge is 0.00672 e. The molecule has 0 bridgehead atoms. The molecular weight excluding hydrogens is 414 g/mol. The molecule has 3 heteroatoms. The summed E-state index contributed by atoms with van der Waals surface area (Å²) in [7, 11) is 0. The lowest BCUT2D eigenvalue weighted by Gasteiger charge is -2.19. The number of nitrogens with two attached hydrogens (primary N) is 1. The van der Waals surface area contributed by atoms with Crippen LogP contribution in [0.2, 0.25) is 0 Å². The van der Waals surface area contributed by atoms with Crippen molar-refractivity contribution < 1.29 is 0 Å². The molecule has 0 aliphatic heterocycles. The van der Waals surface area contributed by atoms with Crippen molar-refractivity contribution in [1.82, 2.24) is 10.6 Å². The number of aryl methyl sites for hydroxylation is 2. The van der Waals surface area contributed by atoms with Crippen LogP contribution in [-0.2, 0) is 12.8 Å². The van der Waals surface area contributed by atoms with Gasteiger partial charge in [-0.15, -0.1) is 0 Å². The van der Waals surface area contributed by atoms with Gasteiger partial charge in [0.1, 0.15) is 0 Å².